The van der Waals surface area contributed by atoms with Gasteiger partial charge in [-0.2, -0.15) is 0 Å². The molecule has 1 rings (SSSR count). The standard InChI is InChI=1S/C11H18N4O/c1-8(2)14-11(16)15(4)9-5-6-10(12-3)13-7-9/h5-8H,1-4H3,(H,12,13)(H,14,16). The molecule has 0 unspecified atom stereocenters. The molecule has 0 radical (unpaired) electrons. The van der Waals surface area contributed by atoms with Crippen LogP contribution in [0.25, 0.3) is 0 Å². The molecule has 0 aliphatic heterocycles. The summed E-state index contributed by atoms with van der Waals surface area (Å²) >= 11 is 0. The van der Waals surface area contributed by atoms with Crippen molar-refractivity contribution < 1.29 is 4.79 Å². The molecule has 0 fully saturated rings. The van der Waals surface area contributed by atoms with E-state index >= 15 is 0 Å². The number of carbonyl (C=O) groups excluding carboxylic acids is 1. The van der Waals surface area contributed by atoms with Gasteiger partial charge < -0.3 is 10.6 Å². The van der Waals surface area contributed by atoms with Gasteiger partial charge in [0.05, 0.1) is 11.9 Å². The highest BCUT2D eigenvalue weighted by Gasteiger charge is 2.11. The smallest absolute Gasteiger partial charge is 0.321 e. The Labute approximate surface area is 95.9 Å². The molecule has 0 saturated heterocycles. The Hall–Kier alpha value is -1.78. The predicted molar refractivity (Wildman–Crippen MR) is 65.9 cm³/mol. The summed E-state index contributed by atoms with van der Waals surface area (Å²) in [5, 5.41) is 5.74. The maximum Gasteiger partial charge on any atom is 0.321 e. The number of aromatic nitrogens is 1. The maximum absolute atomic E-state index is 11.7. The van der Waals surface area contributed by atoms with Gasteiger partial charge in [0.25, 0.3) is 0 Å². The molecule has 0 aliphatic carbocycles. The molecule has 1 aromatic rings. The summed E-state index contributed by atoms with van der Waals surface area (Å²) in [4.78, 5) is 17.4. The van der Waals surface area contributed by atoms with E-state index in [9.17, 15) is 4.79 Å². The lowest BCUT2D eigenvalue weighted by molar-refractivity contribution is 0.245. The molecule has 16 heavy (non-hydrogen) atoms. The van der Waals surface area contributed by atoms with Crippen molar-refractivity contribution >= 4 is 17.5 Å². The first-order chi connectivity index (χ1) is 7.54. The highest BCUT2D eigenvalue weighted by molar-refractivity contribution is 5.91. The fourth-order valence-corrected chi connectivity index (χ4v) is 1.19. The highest BCUT2D eigenvalue weighted by atomic mass is 16.2. The second kappa shape index (κ2) is 5.34. The van der Waals surface area contributed by atoms with Crippen LogP contribution in [-0.2, 0) is 0 Å². The lowest BCUT2D eigenvalue weighted by Crippen LogP contribution is -2.40. The molecule has 5 heteroatoms. The summed E-state index contributed by atoms with van der Waals surface area (Å²) in [5.74, 6) is 0.779. The van der Waals surface area contributed by atoms with Crippen LogP contribution < -0.4 is 15.5 Å². The zero-order valence-corrected chi connectivity index (χ0v) is 10.1. The van der Waals surface area contributed by atoms with Gasteiger partial charge >= 0.3 is 6.03 Å². The van der Waals surface area contributed by atoms with Crippen LogP contribution in [0.5, 0.6) is 0 Å². The van der Waals surface area contributed by atoms with Gasteiger partial charge in [0.15, 0.2) is 0 Å². The van der Waals surface area contributed by atoms with Crippen LogP contribution in [0.1, 0.15) is 13.8 Å². The van der Waals surface area contributed by atoms with Crippen LogP contribution in [0, 0.1) is 0 Å². The van der Waals surface area contributed by atoms with E-state index in [2.05, 4.69) is 15.6 Å². The van der Waals surface area contributed by atoms with Crippen LogP contribution >= 0.6 is 0 Å². The third-order valence-corrected chi connectivity index (χ3v) is 2.11. The number of carbonyl (C=O) groups is 1. The van der Waals surface area contributed by atoms with Gasteiger partial charge in [0, 0.05) is 20.1 Å². The molecular formula is C11H18N4O. The summed E-state index contributed by atoms with van der Waals surface area (Å²) < 4.78 is 0. The molecule has 1 heterocycles. The van der Waals surface area contributed by atoms with Gasteiger partial charge in [0.2, 0.25) is 0 Å². The normalized spacial score (nSPS) is 10.1. The number of amides is 2. The second-order valence-corrected chi connectivity index (χ2v) is 3.81. The zero-order valence-electron chi connectivity index (χ0n) is 10.1. The molecule has 2 N–H and O–H groups in total. The molecule has 0 saturated carbocycles. The fraction of sp³-hybridized carbons (Fsp3) is 0.455. The van der Waals surface area contributed by atoms with Crippen molar-refractivity contribution in [2.45, 2.75) is 19.9 Å². The van der Waals surface area contributed by atoms with Crippen LogP contribution in [0.3, 0.4) is 0 Å². The highest BCUT2D eigenvalue weighted by Crippen LogP contribution is 2.13. The molecule has 0 atom stereocenters. The van der Waals surface area contributed by atoms with E-state index in [1.165, 1.54) is 4.90 Å². The van der Waals surface area contributed by atoms with Gasteiger partial charge in [-0.05, 0) is 26.0 Å². The maximum atomic E-state index is 11.7. The Bertz CT molecular complexity index is 348. The number of rotatable bonds is 3. The zero-order chi connectivity index (χ0) is 12.1. The predicted octanol–water partition coefficient (Wildman–Crippen LogP) is 1.68. The molecule has 2 amide bonds. The number of hydrogen-bond acceptors (Lipinski definition) is 3. The first kappa shape index (κ1) is 12.3. The third kappa shape index (κ3) is 3.12. The van der Waals surface area contributed by atoms with Crippen LogP contribution in [0.2, 0.25) is 0 Å². The Morgan fingerprint density at radius 3 is 2.56 bits per heavy atom. The Kier molecular flexibility index (Phi) is 4.10. The van der Waals surface area contributed by atoms with Crippen molar-refractivity contribution in [1.29, 1.82) is 0 Å². The van der Waals surface area contributed by atoms with Crippen molar-refractivity contribution in [2.24, 2.45) is 0 Å². The molecule has 0 bridgehead atoms. The van der Waals surface area contributed by atoms with E-state index in [-0.39, 0.29) is 12.1 Å². The van der Waals surface area contributed by atoms with Crippen molar-refractivity contribution in [2.75, 3.05) is 24.3 Å². The number of anilines is 2. The molecule has 5 nitrogen and oxygen atoms in total. The number of nitrogens with one attached hydrogen (secondary N) is 2. The molecule has 0 aliphatic rings. The second-order valence-electron chi connectivity index (χ2n) is 3.81. The average Bonchev–Trinajstić information content (AvgIpc) is 2.27. The molecule has 0 aromatic carbocycles. The summed E-state index contributed by atoms with van der Waals surface area (Å²) in [7, 11) is 3.52. The summed E-state index contributed by atoms with van der Waals surface area (Å²) in [6, 6.07) is 3.67. The van der Waals surface area contributed by atoms with Gasteiger partial charge in [-0.1, -0.05) is 0 Å². The van der Waals surface area contributed by atoms with E-state index < -0.39 is 0 Å². The van der Waals surface area contributed by atoms with Gasteiger partial charge in [-0.3, -0.25) is 4.90 Å². The van der Waals surface area contributed by atoms with Gasteiger partial charge in [0.1, 0.15) is 5.82 Å². The topological polar surface area (TPSA) is 57.3 Å². The number of hydrogen-bond donors (Lipinski definition) is 2. The number of pyridine rings is 1. The van der Waals surface area contributed by atoms with Gasteiger partial charge in [-0.15, -0.1) is 0 Å². The third-order valence-electron chi connectivity index (χ3n) is 2.11. The van der Waals surface area contributed by atoms with Crippen LogP contribution in [-0.4, -0.2) is 31.2 Å². The molecular weight excluding hydrogens is 204 g/mol. The Morgan fingerprint density at radius 1 is 1.44 bits per heavy atom. The van der Waals surface area contributed by atoms with E-state index in [4.69, 9.17) is 0 Å². The van der Waals surface area contributed by atoms with E-state index in [0.717, 1.165) is 11.5 Å². The first-order valence-electron chi connectivity index (χ1n) is 5.22. The average molecular weight is 222 g/mol. The minimum Gasteiger partial charge on any atom is -0.373 e. The van der Waals surface area contributed by atoms with Gasteiger partial charge in [-0.25, -0.2) is 9.78 Å². The van der Waals surface area contributed by atoms with Crippen LogP contribution in [0.4, 0.5) is 16.3 Å². The number of nitrogens with zero attached hydrogens (tertiary/aromatic N) is 2. The van der Waals surface area contributed by atoms with E-state index in [0.29, 0.717) is 0 Å². The molecule has 0 spiro atoms. The summed E-state index contributed by atoms with van der Waals surface area (Å²) in [5.41, 5.74) is 0.761. The minimum absolute atomic E-state index is 0.125. The lowest BCUT2D eigenvalue weighted by Gasteiger charge is -2.19. The molecule has 1 aromatic heterocycles. The quantitative estimate of drug-likeness (QED) is 0.818. The minimum atomic E-state index is -0.131. The summed E-state index contributed by atoms with van der Waals surface area (Å²) in [6.45, 7) is 3.85. The first-order valence-corrected chi connectivity index (χ1v) is 5.22. The van der Waals surface area contributed by atoms with Crippen molar-refractivity contribution in [3.8, 4) is 0 Å². The largest absolute Gasteiger partial charge is 0.373 e. The Balaban J connectivity index is 2.72. The van der Waals surface area contributed by atoms with E-state index in [1.807, 2.05) is 26.0 Å². The van der Waals surface area contributed by atoms with Crippen molar-refractivity contribution in [1.82, 2.24) is 10.3 Å². The fourth-order valence-electron chi connectivity index (χ4n) is 1.19. The van der Waals surface area contributed by atoms with Crippen molar-refractivity contribution in [3.05, 3.63) is 18.3 Å². The van der Waals surface area contributed by atoms with Crippen molar-refractivity contribution in [3.63, 3.8) is 0 Å². The SMILES string of the molecule is CNc1ccc(N(C)C(=O)NC(C)C)cn1. The number of urea groups is 1. The monoisotopic (exact) mass is 222 g/mol. The summed E-state index contributed by atoms with van der Waals surface area (Å²) in [6.07, 6.45) is 1.66. The van der Waals surface area contributed by atoms with Crippen LogP contribution in [0.15, 0.2) is 18.3 Å². The Morgan fingerprint density at radius 2 is 2.12 bits per heavy atom. The lowest BCUT2D eigenvalue weighted by atomic mass is 10.3. The molecule has 88 valence electrons. The van der Waals surface area contributed by atoms with E-state index in [1.54, 1.807) is 20.3 Å².